The van der Waals surface area contributed by atoms with Gasteiger partial charge in [-0.25, -0.2) is 4.68 Å². The number of fused-ring (bicyclic) bond motifs is 1. The van der Waals surface area contributed by atoms with Gasteiger partial charge in [0, 0.05) is 17.0 Å². The molecule has 0 bridgehead atoms. The van der Waals surface area contributed by atoms with Crippen LogP contribution in [0.25, 0.3) is 11.0 Å². The van der Waals surface area contributed by atoms with Crippen molar-refractivity contribution in [3.63, 3.8) is 0 Å². The average Bonchev–Trinajstić information content (AvgIpc) is 3.35. The molecule has 1 amide bonds. The number of carbonyl (C=O) groups is 1. The number of carbonyl (C=O) groups excluding carboxylic acids is 1. The molecule has 2 heterocycles. The first-order valence-corrected chi connectivity index (χ1v) is 9.04. The largest absolute Gasteiger partial charge is 0.493 e. The molecule has 0 aliphatic heterocycles. The minimum Gasteiger partial charge on any atom is -0.493 e. The molecule has 4 aromatic rings. The Labute approximate surface area is 167 Å². The summed E-state index contributed by atoms with van der Waals surface area (Å²) in [5, 5.41) is 12.0. The highest BCUT2D eigenvalue weighted by molar-refractivity contribution is 5.94. The number of rotatable bonds is 7. The Morgan fingerprint density at radius 2 is 1.97 bits per heavy atom. The Hall–Kier alpha value is -3.81. The fourth-order valence-corrected chi connectivity index (χ4v) is 3.21. The van der Waals surface area contributed by atoms with E-state index in [1.165, 1.54) is 0 Å². The van der Waals surface area contributed by atoms with E-state index in [0.29, 0.717) is 35.1 Å². The molecule has 8 heteroatoms. The van der Waals surface area contributed by atoms with Crippen LogP contribution in [0.1, 0.15) is 11.3 Å². The fourth-order valence-electron chi connectivity index (χ4n) is 3.21. The summed E-state index contributed by atoms with van der Waals surface area (Å²) in [5.41, 5.74) is 2.14. The molecule has 0 aliphatic carbocycles. The average molecular weight is 392 g/mol. The number of methoxy groups -OCH3 is 2. The lowest BCUT2D eigenvalue weighted by Crippen LogP contribution is -2.18. The van der Waals surface area contributed by atoms with Crippen LogP contribution < -0.4 is 14.8 Å². The number of ether oxygens (including phenoxy) is 2. The van der Waals surface area contributed by atoms with E-state index in [0.717, 1.165) is 10.9 Å². The zero-order valence-electron chi connectivity index (χ0n) is 16.1. The van der Waals surface area contributed by atoms with Gasteiger partial charge in [-0.1, -0.05) is 29.4 Å². The molecule has 0 radical (unpaired) electrons. The zero-order valence-corrected chi connectivity index (χ0v) is 16.1. The van der Waals surface area contributed by atoms with Gasteiger partial charge in [0.25, 0.3) is 0 Å². The second-order valence-corrected chi connectivity index (χ2v) is 6.38. The normalized spacial score (nSPS) is 10.8. The van der Waals surface area contributed by atoms with Gasteiger partial charge in [-0.15, -0.1) is 0 Å². The number of hydrogen-bond acceptors (Lipinski definition) is 6. The molecule has 0 saturated heterocycles. The Morgan fingerprint density at radius 3 is 2.79 bits per heavy atom. The number of amides is 1. The Bertz CT molecular complexity index is 1150. The Kier molecular flexibility index (Phi) is 5.15. The summed E-state index contributed by atoms with van der Waals surface area (Å²) in [5.74, 6) is 1.65. The van der Waals surface area contributed by atoms with Crippen molar-refractivity contribution in [2.24, 2.45) is 0 Å². The number of aromatic nitrogens is 3. The predicted molar refractivity (Wildman–Crippen MR) is 107 cm³/mol. The summed E-state index contributed by atoms with van der Waals surface area (Å²) >= 11 is 0. The number of nitrogens with one attached hydrogen (secondary N) is 1. The highest BCUT2D eigenvalue weighted by Crippen LogP contribution is 2.31. The van der Waals surface area contributed by atoms with Crippen molar-refractivity contribution in [3.05, 3.63) is 66.0 Å². The third-order valence-corrected chi connectivity index (χ3v) is 4.57. The zero-order chi connectivity index (χ0) is 20.2. The van der Waals surface area contributed by atoms with Crippen LogP contribution in [0, 0.1) is 0 Å². The van der Waals surface area contributed by atoms with Gasteiger partial charge in [0.1, 0.15) is 11.5 Å². The van der Waals surface area contributed by atoms with E-state index in [2.05, 4.69) is 15.6 Å². The summed E-state index contributed by atoms with van der Waals surface area (Å²) in [6.45, 7) is 0.413. The van der Waals surface area contributed by atoms with Crippen LogP contribution in [0.2, 0.25) is 0 Å². The van der Waals surface area contributed by atoms with Crippen LogP contribution in [0.4, 0.5) is 5.82 Å². The smallest absolute Gasteiger partial charge is 0.231 e. The van der Waals surface area contributed by atoms with Crippen LogP contribution in [-0.4, -0.2) is 35.1 Å². The third kappa shape index (κ3) is 3.77. The predicted octanol–water partition coefficient (Wildman–Crippen LogP) is 3.27. The van der Waals surface area contributed by atoms with Crippen molar-refractivity contribution in [1.82, 2.24) is 14.9 Å². The molecule has 4 rings (SSSR count). The van der Waals surface area contributed by atoms with Gasteiger partial charge in [-0.05, 0) is 18.2 Å². The third-order valence-electron chi connectivity index (χ3n) is 4.57. The minimum absolute atomic E-state index is 0.102. The molecular weight excluding hydrogens is 372 g/mol. The first-order valence-electron chi connectivity index (χ1n) is 9.04. The van der Waals surface area contributed by atoms with Gasteiger partial charge in [0.15, 0.2) is 17.1 Å². The van der Waals surface area contributed by atoms with Gasteiger partial charge < -0.3 is 19.3 Å². The number of anilines is 1. The van der Waals surface area contributed by atoms with Crippen molar-refractivity contribution in [1.29, 1.82) is 0 Å². The topological polar surface area (TPSA) is 91.4 Å². The SMILES string of the molecule is COc1cccc(Cn2nccc2NC(=O)Cc2noc3ccccc23)c1OC. The molecule has 0 aliphatic rings. The van der Waals surface area contributed by atoms with Gasteiger partial charge in [-0.3, -0.25) is 4.79 Å². The van der Waals surface area contributed by atoms with E-state index in [9.17, 15) is 4.79 Å². The molecule has 0 fully saturated rings. The molecule has 0 atom stereocenters. The van der Waals surface area contributed by atoms with Crippen LogP contribution in [0.5, 0.6) is 11.5 Å². The van der Waals surface area contributed by atoms with Crippen molar-refractivity contribution < 1.29 is 18.8 Å². The van der Waals surface area contributed by atoms with Gasteiger partial charge in [0.05, 0.1) is 33.4 Å². The molecular formula is C21H20N4O4. The van der Waals surface area contributed by atoms with Crippen molar-refractivity contribution >= 4 is 22.7 Å². The molecule has 2 aromatic heterocycles. The van der Waals surface area contributed by atoms with Crippen LogP contribution in [0.3, 0.4) is 0 Å². The Balaban J connectivity index is 1.50. The van der Waals surface area contributed by atoms with Crippen molar-refractivity contribution in [2.45, 2.75) is 13.0 Å². The second kappa shape index (κ2) is 8.05. The molecule has 1 N–H and O–H groups in total. The highest BCUT2D eigenvalue weighted by Gasteiger charge is 2.15. The van der Waals surface area contributed by atoms with Crippen molar-refractivity contribution in [3.8, 4) is 11.5 Å². The number of hydrogen-bond donors (Lipinski definition) is 1. The van der Waals surface area contributed by atoms with Crippen molar-refractivity contribution in [2.75, 3.05) is 19.5 Å². The summed E-state index contributed by atoms with van der Waals surface area (Å²) in [6.07, 6.45) is 1.73. The second-order valence-electron chi connectivity index (χ2n) is 6.38. The molecule has 29 heavy (non-hydrogen) atoms. The van der Waals surface area contributed by atoms with Gasteiger partial charge in [0.2, 0.25) is 5.91 Å². The lowest BCUT2D eigenvalue weighted by atomic mass is 10.1. The lowest BCUT2D eigenvalue weighted by molar-refractivity contribution is -0.115. The highest BCUT2D eigenvalue weighted by atomic mass is 16.5. The van der Waals surface area contributed by atoms with E-state index >= 15 is 0 Å². The summed E-state index contributed by atoms with van der Waals surface area (Å²) in [4.78, 5) is 12.6. The molecule has 0 unspecified atom stereocenters. The molecule has 148 valence electrons. The molecule has 8 nitrogen and oxygen atoms in total. The number of para-hydroxylation sites is 2. The maximum atomic E-state index is 12.6. The lowest BCUT2D eigenvalue weighted by Gasteiger charge is -2.14. The van der Waals surface area contributed by atoms with Crippen LogP contribution in [0.15, 0.2) is 59.3 Å². The van der Waals surface area contributed by atoms with E-state index in [-0.39, 0.29) is 12.3 Å². The minimum atomic E-state index is -0.205. The van der Waals surface area contributed by atoms with E-state index < -0.39 is 0 Å². The monoisotopic (exact) mass is 392 g/mol. The van der Waals surface area contributed by atoms with Crippen LogP contribution >= 0.6 is 0 Å². The van der Waals surface area contributed by atoms with Gasteiger partial charge in [-0.2, -0.15) is 5.10 Å². The first-order chi connectivity index (χ1) is 14.2. The molecule has 0 spiro atoms. The summed E-state index contributed by atoms with van der Waals surface area (Å²) in [6, 6.07) is 14.8. The van der Waals surface area contributed by atoms with Crippen LogP contribution in [-0.2, 0) is 17.8 Å². The van der Waals surface area contributed by atoms with E-state index in [4.69, 9.17) is 14.0 Å². The van der Waals surface area contributed by atoms with E-state index in [1.54, 1.807) is 31.2 Å². The number of benzene rings is 2. The maximum absolute atomic E-state index is 12.6. The maximum Gasteiger partial charge on any atom is 0.231 e. The summed E-state index contributed by atoms with van der Waals surface area (Å²) in [7, 11) is 3.18. The fraction of sp³-hybridized carbons (Fsp3) is 0.190. The molecule has 0 saturated carbocycles. The summed E-state index contributed by atoms with van der Waals surface area (Å²) < 4.78 is 17.8. The van der Waals surface area contributed by atoms with E-state index in [1.807, 2.05) is 42.5 Å². The quantitative estimate of drug-likeness (QED) is 0.519. The Morgan fingerprint density at radius 1 is 1.10 bits per heavy atom. The first kappa shape index (κ1) is 18.5. The standard InChI is InChI=1S/C21H20N4O4/c1-27-18-9-5-6-14(21(18)28-2)13-25-19(10-11-22-25)23-20(26)12-16-15-7-3-4-8-17(15)29-24-16/h3-11H,12-13H2,1-2H3,(H,23,26). The van der Waals surface area contributed by atoms with Gasteiger partial charge >= 0.3 is 0 Å². The molecule has 2 aromatic carbocycles. The number of nitrogens with zero attached hydrogens (tertiary/aromatic N) is 3.